The Morgan fingerprint density at radius 1 is 0.895 bits per heavy atom. The Labute approximate surface area is 222 Å². The van der Waals surface area contributed by atoms with Crippen molar-refractivity contribution < 1.29 is 34.1 Å². The average Bonchev–Trinajstić information content (AvgIpc) is 2.90. The number of benzene rings is 3. The van der Waals surface area contributed by atoms with Gasteiger partial charge in [0.25, 0.3) is 5.91 Å². The maximum atomic E-state index is 13.2. The average molecular weight is 523 g/mol. The quantitative estimate of drug-likeness (QED) is 0.378. The van der Waals surface area contributed by atoms with Crippen LogP contribution in [-0.2, 0) is 9.53 Å². The molecule has 3 aromatic carbocycles. The molecule has 0 aliphatic carbocycles. The Morgan fingerprint density at radius 3 is 2.03 bits per heavy atom. The summed E-state index contributed by atoms with van der Waals surface area (Å²) in [5.74, 6) is -1.31. The lowest BCUT2D eigenvalue weighted by Gasteiger charge is -2.28. The molecule has 0 heterocycles. The minimum absolute atomic E-state index is 0.0671. The second-order valence-corrected chi connectivity index (χ2v) is 8.44. The van der Waals surface area contributed by atoms with Gasteiger partial charge in [0.15, 0.2) is 0 Å². The third kappa shape index (κ3) is 8.94. The van der Waals surface area contributed by atoms with Gasteiger partial charge in [-0.25, -0.2) is 9.59 Å². The lowest BCUT2D eigenvalue weighted by Crippen LogP contribution is -2.44. The number of ether oxygens (including phenoxy) is 2. The van der Waals surface area contributed by atoms with Gasteiger partial charge < -0.3 is 24.6 Å². The molecule has 9 nitrogen and oxygen atoms in total. The molecule has 1 atom stereocenters. The van der Waals surface area contributed by atoms with Gasteiger partial charge in [0.05, 0.1) is 6.61 Å². The molecule has 0 aromatic heterocycles. The fourth-order valence-corrected chi connectivity index (χ4v) is 3.32. The highest BCUT2D eigenvalue weighted by Gasteiger charge is 2.29. The van der Waals surface area contributed by atoms with Gasteiger partial charge in [-0.15, -0.1) is 0 Å². The van der Waals surface area contributed by atoms with Crippen molar-refractivity contribution in [2.75, 3.05) is 38.8 Å². The molecule has 0 aliphatic heterocycles. The first-order valence-corrected chi connectivity index (χ1v) is 12.1. The summed E-state index contributed by atoms with van der Waals surface area (Å²) in [7, 11) is 3.81. The molecule has 0 spiro atoms. The maximum absolute atomic E-state index is 13.2. The molecule has 3 aromatic rings. The van der Waals surface area contributed by atoms with Crippen LogP contribution in [0.25, 0.3) is 0 Å². The molecule has 0 aliphatic rings. The van der Waals surface area contributed by atoms with E-state index in [1.54, 1.807) is 67.6 Å². The van der Waals surface area contributed by atoms with Gasteiger partial charge in [0.1, 0.15) is 29.7 Å². The molecule has 0 saturated carbocycles. The number of amides is 1. The summed E-state index contributed by atoms with van der Waals surface area (Å²) in [5, 5.41) is 17.3. The van der Waals surface area contributed by atoms with Crippen LogP contribution in [0.5, 0.6) is 11.5 Å². The molecular weight excluding hydrogens is 488 g/mol. The van der Waals surface area contributed by atoms with E-state index in [1.807, 2.05) is 32.0 Å². The Kier molecular flexibility index (Phi) is 11.8. The van der Waals surface area contributed by atoms with Crippen LogP contribution >= 0.6 is 0 Å². The predicted octanol–water partition coefficient (Wildman–Crippen LogP) is 4.32. The largest absolute Gasteiger partial charge is 0.507 e. The fraction of sp³-hybridized carbons (Fsp3) is 0.276. The van der Waals surface area contributed by atoms with Gasteiger partial charge in [0.2, 0.25) is 0 Å². The van der Waals surface area contributed by atoms with Crippen molar-refractivity contribution in [3.63, 3.8) is 0 Å². The third-order valence-corrected chi connectivity index (χ3v) is 5.31. The number of para-hydroxylation sites is 1. The Morgan fingerprint density at radius 2 is 1.50 bits per heavy atom. The molecule has 1 amide bonds. The number of carboxylic acids is 1. The standard InChI is InChI=1S/C22H28N2O4.C7H6O3/c1-5-27-20-13-11-19(12-14-20)24(21(25)18-9-7-6-8-10-18)17(2)22(26)28-16-15-23(3)4;8-6-4-2-1-3-5(6)7(9)10/h6-14,17H,5,15-16H2,1-4H3;1-4,8H,(H,9,10)/t17-;/m0./s1. The first-order valence-electron chi connectivity index (χ1n) is 12.1. The second-order valence-electron chi connectivity index (χ2n) is 8.44. The molecule has 0 fully saturated rings. The highest BCUT2D eigenvalue weighted by molar-refractivity contribution is 6.09. The number of carbonyl (C=O) groups excluding carboxylic acids is 2. The van der Waals surface area contributed by atoms with E-state index in [-0.39, 0.29) is 23.8 Å². The van der Waals surface area contributed by atoms with Crippen molar-refractivity contribution in [2.24, 2.45) is 0 Å². The van der Waals surface area contributed by atoms with E-state index < -0.39 is 18.0 Å². The summed E-state index contributed by atoms with van der Waals surface area (Å²) in [6, 6.07) is 21.1. The van der Waals surface area contributed by atoms with E-state index in [4.69, 9.17) is 19.7 Å². The van der Waals surface area contributed by atoms with Gasteiger partial charge >= 0.3 is 11.9 Å². The number of hydrogen-bond acceptors (Lipinski definition) is 7. The number of carbonyl (C=O) groups is 3. The zero-order chi connectivity index (χ0) is 28.1. The zero-order valence-electron chi connectivity index (χ0n) is 22.0. The highest BCUT2D eigenvalue weighted by Crippen LogP contribution is 2.24. The van der Waals surface area contributed by atoms with E-state index >= 15 is 0 Å². The van der Waals surface area contributed by atoms with Crippen LogP contribution in [0.3, 0.4) is 0 Å². The summed E-state index contributed by atoms with van der Waals surface area (Å²) in [6.45, 7) is 5.03. The molecule has 0 bridgehead atoms. The van der Waals surface area contributed by atoms with E-state index in [1.165, 1.54) is 17.0 Å². The summed E-state index contributed by atoms with van der Waals surface area (Å²) < 4.78 is 10.8. The molecule has 0 radical (unpaired) electrons. The van der Waals surface area contributed by atoms with Crippen molar-refractivity contribution >= 4 is 23.5 Å². The van der Waals surface area contributed by atoms with Crippen LogP contribution in [-0.4, -0.2) is 72.9 Å². The SMILES string of the molecule is CCOc1ccc(N(C(=O)c2ccccc2)[C@@H](C)C(=O)OCCN(C)C)cc1.O=C(O)c1ccccc1O. The molecule has 202 valence electrons. The number of aromatic carboxylic acids is 1. The molecule has 3 rings (SSSR count). The Balaban J connectivity index is 0.000000423. The van der Waals surface area contributed by atoms with E-state index in [0.29, 0.717) is 30.2 Å². The Bertz CT molecular complexity index is 1180. The number of likely N-dealkylation sites (N-methyl/N-ethyl adjacent to an activating group) is 1. The Hall–Kier alpha value is -4.37. The molecule has 0 saturated heterocycles. The van der Waals surface area contributed by atoms with Crippen molar-refractivity contribution in [3.8, 4) is 11.5 Å². The molecule has 38 heavy (non-hydrogen) atoms. The van der Waals surface area contributed by atoms with Crippen molar-refractivity contribution in [3.05, 3.63) is 90.0 Å². The number of aromatic hydroxyl groups is 1. The first kappa shape index (κ1) is 29.9. The normalized spacial score (nSPS) is 11.1. The minimum atomic E-state index is -1.11. The molecule has 2 N–H and O–H groups in total. The van der Waals surface area contributed by atoms with Gasteiger partial charge in [0, 0.05) is 17.8 Å². The fourth-order valence-electron chi connectivity index (χ4n) is 3.32. The van der Waals surface area contributed by atoms with Gasteiger partial charge in [-0.05, 0) is 76.5 Å². The molecule has 9 heteroatoms. The maximum Gasteiger partial charge on any atom is 0.339 e. The summed E-state index contributed by atoms with van der Waals surface area (Å²) in [6.07, 6.45) is 0. The van der Waals surface area contributed by atoms with Crippen LogP contribution in [0.2, 0.25) is 0 Å². The highest BCUT2D eigenvalue weighted by atomic mass is 16.5. The minimum Gasteiger partial charge on any atom is -0.507 e. The predicted molar refractivity (Wildman–Crippen MR) is 145 cm³/mol. The topological polar surface area (TPSA) is 117 Å². The van der Waals surface area contributed by atoms with Crippen LogP contribution in [0.4, 0.5) is 5.69 Å². The van der Waals surface area contributed by atoms with Gasteiger partial charge in [-0.2, -0.15) is 0 Å². The van der Waals surface area contributed by atoms with Crippen molar-refractivity contribution in [2.45, 2.75) is 19.9 Å². The second kappa shape index (κ2) is 15.0. The number of esters is 1. The van der Waals surface area contributed by atoms with Crippen LogP contribution < -0.4 is 9.64 Å². The number of rotatable bonds is 10. The molecular formula is C29H34N2O7. The smallest absolute Gasteiger partial charge is 0.339 e. The summed E-state index contributed by atoms with van der Waals surface area (Å²) in [4.78, 5) is 39.4. The lowest BCUT2D eigenvalue weighted by atomic mass is 10.1. The van der Waals surface area contributed by atoms with E-state index in [0.717, 1.165) is 0 Å². The van der Waals surface area contributed by atoms with Crippen molar-refractivity contribution in [1.82, 2.24) is 4.90 Å². The third-order valence-electron chi connectivity index (χ3n) is 5.31. The summed E-state index contributed by atoms with van der Waals surface area (Å²) in [5.41, 5.74) is 1.04. The van der Waals surface area contributed by atoms with Crippen LogP contribution in [0.1, 0.15) is 34.6 Å². The first-order chi connectivity index (χ1) is 18.1. The zero-order valence-corrected chi connectivity index (χ0v) is 22.0. The monoisotopic (exact) mass is 522 g/mol. The van der Waals surface area contributed by atoms with Gasteiger partial charge in [-0.1, -0.05) is 30.3 Å². The summed E-state index contributed by atoms with van der Waals surface area (Å²) >= 11 is 0. The number of anilines is 1. The number of phenols is 1. The number of hydrogen-bond donors (Lipinski definition) is 2. The van der Waals surface area contributed by atoms with Crippen LogP contribution in [0.15, 0.2) is 78.9 Å². The lowest BCUT2D eigenvalue weighted by molar-refractivity contribution is -0.145. The van der Waals surface area contributed by atoms with Crippen LogP contribution in [0, 0.1) is 0 Å². The number of nitrogens with zero attached hydrogens (tertiary/aromatic N) is 2. The number of carboxylic acid groups (broad SMARTS) is 1. The molecule has 0 unspecified atom stereocenters. The van der Waals surface area contributed by atoms with E-state index in [2.05, 4.69) is 0 Å². The van der Waals surface area contributed by atoms with Gasteiger partial charge in [-0.3, -0.25) is 9.69 Å². The van der Waals surface area contributed by atoms with E-state index in [9.17, 15) is 14.4 Å². The van der Waals surface area contributed by atoms with Crippen molar-refractivity contribution in [1.29, 1.82) is 0 Å².